The van der Waals surface area contributed by atoms with E-state index in [-0.39, 0.29) is 18.6 Å². The van der Waals surface area contributed by atoms with Gasteiger partial charge in [0.05, 0.1) is 24.8 Å². The maximum atomic E-state index is 9.75. The Morgan fingerprint density at radius 2 is 1.47 bits per heavy atom. The maximum absolute atomic E-state index is 9.75. The Bertz CT molecular complexity index is 1160. The molecule has 5 heteroatoms. The van der Waals surface area contributed by atoms with Crippen LogP contribution in [0.25, 0.3) is 0 Å². The molecule has 0 radical (unpaired) electrons. The van der Waals surface area contributed by atoms with Crippen molar-refractivity contribution in [1.82, 2.24) is 0 Å². The number of nitriles is 2. The normalized spacial score (nSPS) is 17.2. The number of hydrogen-bond donors (Lipinski definition) is 0. The summed E-state index contributed by atoms with van der Waals surface area (Å²) < 4.78 is 11.8. The third-order valence-electron chi connectivity index (χ3n) is 5.94. The number of nitrogens with zero attached hydrogens (tertiary/aromatic N) is 3. The first-order valence-electron chi connectivity index (χ1n) is 11.4. The summed E-state index contributed by atoms with van der Waals surface area (Å²) in [5, 5.41) is 19.1. The van der Waals surface area contributed by atoms with Gasteiger partial charge >= 0.3 is 0 Å². The summed E-state index contributed by atoms with van der Waals surface area (Å²) in [5.41, 5.74) is 3.78. The van der Waals surface area contributed by atoms with Crippen LogP contribution >= 0.6 is 0 Å². The average molecular weight is 450 g/mol. The van der Waals surface area contributed by atoms with Gasteiger partial charge in [0.15, 0.2) is 0 Å². The van der Waals surface area contributed by atoms with Gasteiger partial charge in [0, 0.05) is 23.4 Å². The molecular formula is C29H27N3O2. The first-order valence-corrected chi connectivity index (χ1v) is 11.4. The topological polar surface area (TPSA) is 69.3 Å². The zero-order valence-electron chi connectivity index (χ0n) is 19.0. The molecule has 0 saturated heterocycles. The third kappa shape index (κ3) is 6.25. The fourth-order valence-electron chi connectivity index (χ4n) is 3.90. The fourth-order valence-corrected chi connectivity index (χ4v) is 3.90. The highest BCUT2D eigenvalue weighted by molar-refractivity contribution is 5.54. The molecule has 3 aromatic carbocycles. The molecule has 0 aromatic heterocycles. The molecule has 1 aliphatic carbocycles. The van der Waals surface area contributed by atoms with Gasteiger partial charge in [-0.15, -0.1) is 0 Å². The van der Waals surface area contributed by atoms with Crippen molar-refractivity contribution in [1.29, 1.82) is 10.5 Å². The molecule has 34 heavy (non-hydrogen) atoms. The van der Waals surface area contributed by atoms with Gasteiger partial charge in [-0.3, -0.25) is 0 Å². The minimum Gasteiger partial charge on any atom is -0.489 e. The summed E-state index contributed by atoms with van der Waals surface area (Å²) in [7, 11) is 0. The van der Waals surface area contributed by atoms with Gasteiger partial charge in [0.2, 0.25) is 0 Å². The van der Waals surface area contributed by atoms with E-state index in [0.717, 1.165) is 35.4 Å². The molecule has 5 nitrogen and oxygen atoms in total. The number of ether oxygens (including phenoxy) is 2. The van der Waals surface area contributed by atoms with Gasteiger partial charge in [0.25, 0.3) is 0 Å². The van der Waals surface area contributed by atoms with E-state index in [0.29, 0.717) is 18.8 Å². The lowest BCUT2D eigenvalue weighted by Crippen LogP contribution is -2.33. The smallest absolute Gasteiger partial charge is 0.119 e. The molecule has 0 unspecified atom stereocenters. The van der Waals surface area contributed by atoms with Crippen LogP contribution in [0.4, 0.5) is 5.69 Å². The van der Waals surface area contributed by atoms with E-state index < -0.39 is 0 Å². The van der Waals surface area contributed by atoms with Crippen LogP contribution in [0.15, 0.2) is 96.7 Å². The Labute approximate surface area is 201 Å². The molecule has 3 aromatic rings. The van der Waals surface area contributed by atoms with E-state index in [4.69, 9.17) is 9.47 Å². The highest BCUT2D eigenvalue weighted by atomic mass is 16.5. The molecule has 1 aliphatic rings. The van der Waals surface area contributed by atoms with Crippen LogP contribution in [-0.2, 0) is 18.0 Å². The fraction of sp³-hybridized carbons (Fsp3) is 0.241. The molecule has 0 heterocycles. The van der Waals surface area contributed by atoms with E-state index in [9.17, 15) is 10.5 Å². The van der Waals surface area contributed by atoms with Gasteiger partial charge in [-0.25, -0.2) is 0 Å². The van der Waals surface area contributed by atoms with E-state index in [1.54, 1.807) is 6.20 Å². The number of benzene rings is 3. The van der Waals surface area contributed by atoms with Crippen LogP contribution < -0.4 is 9.64 Å². The van der Waals surface area contributed by atoms with Crippen molar-refractivity contribution >= 4 is 5.69 Å². The zero-order chi connectivity index (χ0) is 23.6. The molecule has 0 atom stereocenters. The van der Waals surface area contributed by atoms with Crippen molar-refractivity contribution in [3.05, 3.63) is 108 Å². The van der Waals surface area contributed by atoms with Crippen LogP contribution in [0.5, 0.6) is 5.75 Å². The van der Waals surface area contributed by atoms with Gasteiger partial charge in [-0.05, 0) is 48.2 Å². The number of rotatable bonds is 10. The first-order chi connectivity index (χ1) is 16.7. The minimum atomic E-state index is 0.153. The monoisotopic (exact) mass is 449 g/mol. The predicted octanol–water partition coefficient (Wildman–Crippen LogP) is 6.00. The summed E-state index contributed by atoms with van der Waals surface area (Å²) in [6.45, 7) is 1.24. The lowest BCUT2D eigenvalue weighted by atomic mass is 9.77. The molecule has 0 bridgehead atoms. The average Bonchev–Trinajstić information content (AvgIpc) is 2.87. The molecule has 0 spiro atoms. The van der Waals surface area contributed by atoms with Gasteiger partial charge in [-0.1, -0.05) is 60.7 Å². The van der Waals surface area contributed by atoms with E-state index in [2.05, 4.69) is 24.3 Å². The quantitative estimate of drug-likeness (QED) is 0.280. The number of anilines is 1. The van der Waals surface area contributed by atoms with Crippen molar-refractivity contribution in [3.8, 4) is 17.9 Å². The summed E-state index contributed by atoms with van der Waals surface area (Å²) in [6.07, 6.45) is 3.60. The summed E-state index contributed by atoms with van der Waals surface area (Å²) in [5.74, 6) is 0.909. The molecule has 4 rings (SSSR count). The Hall–Kier alpha value is -4.06. The summed E-state index contributed by atoms with van der Waals surface area (Å²) in [6, 6.07) is 32.2. The van der Waals surface area contributed by atoms with E-state index in [1.165, 1.54) is 0 Å². The lowest BCUT2D eigenvalue weighted by molar-refractivity contribution is -0.0300. The van der Waals surface area contributed by atoms with Gasteiger partial charge in [0.1, 0.15) is 18.9 Å². The Kier molecular flexibility index (Phi) is 7.95. The Balaban J connectivity index is 1.34. The van der Waals surface area contributed by atoms with Gasteiger partial charge in [-0.2, -0.15) is 10.5 Å². The number of hydrogen-bond acceptors (Lipinski definition) is 5. The van der Waals surface area contributed by atoms with E-state index >= 15 is 0 Å². The van der Waals surface area contributed by atoms with Crippen LogP contribution in [-0.4, -0.2) is 12.6 Å². The third-order valence-corrected chi connectivity index (χ3v) is 5.94. The first kappa shape index (κ1) is 23.1. The maximum Gasteiger partial charge on any atom is 0.119 e. The van der Waals surface area contributed by atoms with Crippen LogP contribution in [0.2, 0.25) is 0 Å². The molecule has 0 N–H and O–H groups in total. The molecule has 0 aliphatic heterocycles. The molecule has 1 fully saturated rings. The SMILES string of the molecule is N#CCN(/C=C(\C#N)C1CC(OCc2ccccc2)C1)c1ccc(OCc2ccccc2)cc1. The largest absolute Gasteiger partial charge is 0.489 e. The standard InChI is InChI=1S/C29H27N3O2/c30-15-16-32(27-11-13-28(14-12-27)33-21-23-7-3-1-4-8-23)20-26(19-31)25-17-29(18-25)34-22-24-9-5-2-6-10-24/h1-14,20,25,29H,16-18,21-22H2/b26-20+. The van der Waals surface area contributed by atoms with Gasteiger partial charge < -0.3 is 14.4 Å². The minimum absolute atomic E-state index is 0.153. The molecule has 0 amide bonds. The van der Waals surface area contributed by atoms with Crippen molar-refractivity contribution in [2.45, 2.75) is 32.2 Å². The second kappa shape index (κ2) is 11.7. The molecular weight excluding hydrogens is 422 g/mol. The van der Waals surface area contributed by atoms with Crippen molar-refractivity contribution in [3.63, 3.8) is 0 Å². The van der Waals surface area contributed by atoms with Crippen molar-refractivity contribution in [2.75, 3.05) is 11.4 Å². The number of allylic oxidation sites excluding steroid dienone is 1. The van der Waals surface area contributed by atoms with Crippen molar-refractivity contribution < 1.29 is 9.47 Å². The van der Waals surface area contributed by atoms with Crippen LogP contribution in [0.1, 0.15) is 24.0 Å². The van der Waals surface area contributed by atoms with Crippen molar-refractivity contribution in [2.24, 2.45) is 5.92 Å². The zero-order valence-corrected chi connectivity index (χ0v) is 19.0. The summed E-state index contributed by atoms with van der Waals surface area (Å²) >= 11 is 0. The lowest BCUT2D eigenvalue weighted by Gasteiger charge is -2.35. The second-order valence-corrected chi connectivity index (χ2v) is 8.34. The second-order valence-electron chi connectivity index (χ2n) is 8.34. The van der Waals surface area contributed by atoms with Crippen LogP contribution in [0.3, 0.4) is 0 Å². The Morgan fingerprint density at radius 1 is 0.853 bits per heavy atom. The summed E-state index contributed by atoms with van der Waals surface area (Å²) in [4.78, 5) is 1.82. The van der Waals surface area contributed by atoms with E-state index in [1.807, 2.05) is 77.7 Å². The van der Waals surface area contributed by atoms with Crippen LogP contribution in [0, 0.1) is 28.6 Å². The highest BCUT2D eigenvalue weighted by Crippen LogP contribution is 2.36. The Morgan fingerprint density at radius 3 is 2.06 bits per heavy atom. The highest BCUT2D eigenvalue weighted by Gasteiger charge is 2.33. The molecule has 170 valence electrons. The molecule has 1 saturated carbocycles. The predicted molar refractivity (Wildman–Crippen MR) is 132 cm³/mol.